The van der Waals surface area contributed by atoms with Crippen LogP contribution in [0.1, 0.15) is 33.1 Å². The Morgan fingerprint density at radius 2 is 1.78 bits per heavy atom. The Morgan fingerprint density at radius 3 is 2.22 bits per heavy atom. The van der Waals surface area contributed by atoms with Gasteiger partial charge in [-0.15, -0.1) is 0 Å². The molecule has 0 amide bonds. The van der Waals surface area contributed by atoms with Crippen molar-refractivity contribution in [2.24, 2.45) is 11.3 Å². The molecule has 1 heterocycles. The topological polar surface area (TPSA) is 15.3 Å². The second kappa shape index (κ2) is 5.00. The number of hydrogen-bond donors (Lipinski definition) is 1. The molecule has 2 fully saturated rings. The lowest BCUT2D eigenvalue weighted by atomic mass is 10.0. The molecule has 1 unspecified atom stereocenters. The summed E-state index contributed by atoms with van der Waals surface area (Å²) in [5.41, 5.74) is 0.476. The van der Waals surface area contributed by atoms with Gasteiger partial charge in [0.15, 0.2) is 0 Å². The fourth-order valence-corrected chi connectivity index (χ4v) is 2.78. The molecule has 2 aliphatic rings. The van der Waals surface area contributed by atoms with Crippen LogP contribution in [0.15, 0.2) is 0 Å². The van der Waals surface area contributed by atoms with E-state index in [1.807, 2.05) is 0 Å². The number of hydrogen-bond acceptors (Lipinski definition) is 2. The Balaban J connectivity index is 1.62. The SMILES string of the molecule is CC1(C)CC1CNC1CCN(CC(F)(F)F)CC1. The van der Waals surface area contributed by atoms with Crippen LogP contribution in [0.3, 0.4) is 0 Å². The summed E-state index contributed by atoms with van der Waals surface area (Å²) in [4.78, 5) is 1.51. The first-order valence-corrected chi connectivity index (χ1v) is 6.79. The van der Waals surface area contributed by atoms with Gasteiger partial charge in [0, 0.05) is 6.04 Å². The number of piperidine rings is 1. The molecule has 18 heavy (non-hydrogen) atoms. The molecule has 0 aromatic rings. The van der Waals surface area contributed by atoms with Crippen LogP contribution in [-0.2, 0) is 0 Å². The van der Waals surface area contributed by atoms with E-state index in [1.54, 1.807) is 0 Å². The maximum Gasteiger partial charge on any atom is 0.401 e. The monoisotopic (exact) mass is 264 g/mol. The molecule has 2 nitrogen and oxygen atoms in total. The van der Waals surface area contributed by atoms with Gasteiger partial charge in [-0.1, -0.05) is 13.8 Å². The largest absolute Gasteiger partial charge is 0.401 e. The van der Waals surface area contributed by atoms with Crippen molar-refractivity contribution in [2.75, 3.05) is 26.2 Å². The van der Waals surface area contributed by atoms with Gasteiger partial charge in [-0.25, -0.2) is 0 Å². The molecule has 0 aromatic heterocycles. The highest BCUT2D eigenvalue weighted by molar-refractivity contribution is 4.96. The molecule has 2 rings (SSSR count). The Kier molecular flexibility index (Phi) is 3.93. The Hall–Kier alpha value is -0.290. The van der Waals surface area contributed by atoms with E-state index in [0.29, 0.717) is 24.5 Å². The average molecular weight is 264 g/mol. The number of nitrogens with zero attached hydrogens (tertiary/aromatic N) is 1. The van der Waals surface area contributed by atoms with Gasteiger partial charge in [0.05, 0.1) is 6.54 Å². The smallest absolute Gasteiger partial charge is 0.314 e. The molecule has 0 spiro atoms. The first-order valence-electron chi connectivity index (χ1n) is 6.79. The molecule has 106 valence electrons. The molecular formula is C13H23F3N2. The van der Waals surface area contributed by atoms with Gasteiger partial charge in [-0.2, -0.15) is 13.2 Å². The number of alkyl halides is 3. The fraction of sp³-hybridized carbons (Fsp3) is 1.00. The lowest BCUT2D eigenvalue weighted by Gasteiger charge is -2.33. The van der Waals surface area contributed by atoms with Crippen LogP contribution in [0, 0.1) is 11.3 Å². The summed E-state index contributed by atoms with van der Waals surface area (Å²) in [5.74, 6) is 0.755. The second-order valence-electron chi connectivity index (χ2n) is 6.46. The van der Waals surface area contributed by atoms with Crippen molar-refractivity contribution in [1.29, 1.82) is 0 Å². The number of rotatable bonds is 4. The molecule has 1 N–H and O–H groups in total. The van der Waals surface area contributed by atoms with Crippen molar-refractivity contribution in [3.8, 4) is 0 Å². The number of halogens is 3. The number of likely N-dealkylation sites (tertiary alicyclic amines) is 1. The predicted octanol–water partition coefficient (Wildman–Crippen LogP) is 2.65. The van der Waals surface area contributed by atoms with Crippen LogP contribution in [0.25, 0.3) is 0 Å². The van der Waals surface area contributed by atoms with E-state index in [-0.39, 0.29) is 0 Å². The summed E-state index contributed by atoms with van der Waals surface area (Å²) < 4.78 is 36.7. The molecule has 1 saturated heterocycles. The van der Waals surface area contributed by atoms with Gasteiger partial charge >= 0.3 is 6.18 Å². The first-order chi connectivity index (χ1) is 8.26. The number of nitrogens with one attached hydrogen (secondary N) is 1. The van der Waals surface area contributed by atoms with Crippen LogP contribution >= 0.6 is 0 Å². The average Bonchev–Trinajstić information content (AvgIpc) is 2.83. The minimum absolute atomic E-state index is 0.408. The Labute approximate surface area is 107 Å². The summed E-state index contributed by atoms with van der Waals surface area (Å²) in [5, 5.41) is 3.51. The standard InChI is InChI=1S/C13H23F3N2/c1-12(2)7-10(12)8-17-11-3-5-18(6-4-11)9-13(14,15)16/h10-11,17H,3-9H2,1-2H3. The summed E-state index contributed by atoms with van der Waals surface area (Å²) in [6.45, 7) is 5.93. The van der Waals surface area contributed by atoms with Crippen molar-refractivity contribution < 1.29 is 13.2 Å². The van der Waals surface area contributed by atoms with Gasteiger partial charge in [-0.3, -0.25) is 4.90 Å². The van der Waals surface area contributed by atoms with Gasteiger partial charge < -0.3 is 5.32 Å². The van der Waals surface area contributed by atoms with Crippen molar-refractivity contribution in [3.63, 3.8) is 0 Å². The van der Waals surface area contributed by atoms with Gasteiger partial charge in [0.25, 0.3) is 0 Å². The molecule has 5 heteroatoms. The molecule has 0 bridgehead atoms. The maximum atomic E-state index is 12.2. The van der Waals surface area contributed by atoms with E-state index in [2.05, 4.69) is 19.2 Å². The van der Waals surface area contributed by atoms with Crippen LogP contribution in [0.5, 0.6) is 0 Å². The van der Waals surface area contributed by atoms with Crippen LogP contribution in [-0.4, -0.2) is 43.3 Å². The third kappa shape index (κ3) is 4.12. The van der Waals surface area contributed by atoms with E-state index in [9.17, 15) is 13.2 Å². The lowest BCUT2D eigenvalue weighted by Crippen LogP contribution is -2.46. The highest BCUT2D eigenvalue weighted by atomic mass is 19.4. The molecular weight excluding hydrogens is 241 g/mol. The molecule has 1 atom stereocenters. The van der Waals surface area contributed by atoms with Crippen LogP contribution in [0.2, 0.25) is 0 Å². The highest BCUT2D eigenvalue weighted by Crippen LogP contribution is 2.51. The third-order valence-corrected chi connectivity index (χ3v) is 4.36. The van der Waals surface area contributed by atoms with E-state index in [1.165, 1.54) is 11.3 Å². The minimum atomic E-state index is -4.06. The highest BCUT2D eigenvalue weighted by Gasteiger charge is 2.45. The normalized spacial score (nSPS) is 29.5. The molecule has 1 aliphatic carbocycles. The van der Waals surface area contributed by atoms with Crippen molar-refractivity contribution in [3.05, 3.63) is 0 Å². The second-order valence-corrected chi connectivity index (χ2v) is 6.46. The molecule has 1 aliphatic heterocycles. The van der Waals surface area contributed by atoms with Crippen LogP contribution in [0.4, 0.5) is 13.2 Å². The van der Waals surface area contributed by atoms with Crippen molar-refractivity contribution in [2.45, 2.75) is 45.3 Å². The zero-order valence-corrected chi connectivity index (χ0v) is 11.2. The van der Waals surface area contributed by atoms with Gasteiger partial charge in [-0.05, 0) is 50.2 Å². The zero-order valence-electron chi connectivity index (χ0n) is 11.2. The minimum Gasteiger partial charge on any atom is -0.314 e. The van der Waals surface area contributed by atoms with E-state index >= 15 is 0 Å². The Bertz CT molecular complexity index is 280. The quantitative estimate of drug-likeness (QED) is 0.839. The Morgan fingerprint density at radius 1 is 1.22 bits per heavy atom. The summed E-state index contributed by atoms with van der Waals surface area (Å²) in [6.07, 6.45) is -1.11. The van der Waals surface area contributed by atoms with E-state index < -0.39 is 12.7 Å². The zero-order chi connectivity index (χ0) is 13.4. The summed E-state index contributed by atoms with van der Waals surface area (Å²) in [6, 6.07) is 0.408. The lowest BCUT2D eigenvalue weighted by molar-refractivity contribution is -0.148. The molecule has 1 saturated carbocycles. The summed E-state index contributed by atoms with van der Waals surface area (Å²) >= 11 is 0. The summed E-state index contributed by atoms with van der Waals surface area (Å²) in [7, 11) is 0. The fourth-order valence-electron chi connectivity index (χ4n) is 2.78. The van der Waals surface area contributed by atoms with Crippen molar-refractivity contribution >= 4 is 0 Å². The predicted molar refractivity (Wildman–Crippen MR) is 65.4 cm³/mol. The first kappa shape index (κ1) is 14.1. The maximum absolute atomic E-state index is 12.2. The van der Waals surface area contributed by atoms with Gasteiger partial charge in [0.2, 0.25) is 0 Å². The van der Waals surface area contributed by atoms with Gasteiger partial charge in [0.1, 0.15) is 0 Å². The van der Waals surface area contributed by atoms with E-state index in [0.717, 1.165) is 25.3 Å². The molecule has 0 aromatic carbocycles. The van der Waals surface area contributed by atoms with Crippen LogP contribution < -0.4 is 5.32 Å². The van der Waals surface area contributed by atoms with E-state index in [4.69, 9.17) is 0 Å². The third-order valence-electron chi connectivity index (χ3n) is 4.36. The van der Waals surface area contributed by atoms with Crippen molar-refractivity contribution in [1.82, 2.24) is 10.2 Å². The molecule has 0 radical (unpaired) electrons.